The highest BCUT2D eigenvalue weighted by molar-refractivity contribution is 5.80. The van der Waals surface area contributed by atoms with Gasteiger partial charge in [0.05, 0.1) is 6.54 Å². The molecule has 0 N–H and O–H groups in total. The van der Waals surface area contributed by atoms with Crippen LogP contribution >= 0.6 is 0 Å². The Hall–Kier alpha value is -3.45. The normalized spacial score (nSPS) is 19.9. The molecular weight excluding hydrogens is 333 g/mol. The molecule has 0 unspecified atom stereocenters. The summed E-state index contributed by atoms with van der Waals surface area (Å²) >= 11 is 0. The van der Waals surface area contributed by atoms with Crippen LogP contribution in [0.3, 0.4) is 0 Å². The van der Waals surface area contributed by atoms with Crippen LogP contribution < -0.4 is 0 Å². The number of oxazole rings is 1. The third-order valence-electron chi connectivity index (χ3n) is 4.56. The number of piperidine rings is 1. The van der Waals surface area contributed by atoms with Crippen molar-refractivity contribution in [3.05, 3.63) is 48.1 Å². The molecule has 128 valence electrons. The lowest BCUT2D eigenvalue weighted by Gasteiger charge is -2.31. The Bertz CT molecular complexity index is 1060. The van der Waals surface area contributed by atoms with E-state index in [0.717, 1.165) is 11.1 Å². The molecule has 1 aliphatic rings. The molecule has 1 saturated heterocycles. The maximum Gasteiger partial charge on any atom is 0.235 e. The minimum absolute atomic E-state index is 0.0112. The van der Waals surface area contributed by atoms with Crippen molar-refractivity contribution in [1.82, 2.24) is 14.9 Å². The Labute approximate surface area is 149 Å². The van der Waals surface area contributed by atoms with Crippen LogP contribution in [0, 0.1) is 22.8 Å². The number of nitriles is 2. The third kappa shape index (κ3) is 2.74. The summed E-state index contributed by atoms with van der Waals surface area (Å²) in [7, 11) is 0. The van der Waals surface area contributed by atoms with Gasteiger partial charge in [0.1, 0.15) is 17.3 Å². The second kappa shape index (κ2) is 6.12. The number of hydrogen-bond acceptors (Lipinski definition) is 6. The Morgan fingerprint density at radius 1 is 1.19 bits per heavy atom. The summed E-state index contributed by atoms with van der Waals surface area (Å²) in [6.07, 6.45) is 4.42. The summed E-state index contributed by atoms with van der Waals surface area (Å²) in [6, 6.07) is 10.9. The molecule has 7 heteroatoms. The second-order valence-electron chi connectivity index (χ2n) is 6.33. The molecule has 0 radical (unpaired) electrons. The van der Waals surface area contributed by atoms with Crippen LogP contribution in [-0.2, 0) is 5.67 Å². The molecule has 0 amide bonds. The Morgan fingerprint density at radius 2 is 2.04 bits per heavy atom. The van der Waals surface area contributed by atoms with Crippen molar-refractivity contribution in [2.75, 3.05) is 13.1 Å². The lowest BCUT2D eigenvalue weighted by molar-refractivity contribution is 0.0451. The first kappa shape index (κ1) is 16.0. The molecule has 1 aromatic carbocycles. The first-order chi connectivity index (χ1) is 12.6. The minimum atomic E-state index is -1.77. The summed E-state index contributed by atoms with van der Waals surface area (Å²) < 4.78 is 21.0. The van der Waals surface area contributed by atoms with E-state index in [1.54, 1.807) is 30.5 Å². The van der Waals surface area contributed by atoms with Crippen molar-refractivity contribution in [1.29, 1.82) is 10.5 Å². The van der Waals surface area contributed by atoms with Gasteiger partial charge < -0.3 is 9.32 Å². The van der Waals surface area contributed by atoms with Gasteiger partial charge >= 0.3 is 0 Å². The number of pyridine rings is 1. The highest BCUT2D eigenvalue weighted by Crippen LogP contribution is 2.37. The largest absolute Gasteiger partial charge is 0.437 e. The van der Waals surface area contributed by atoms with Gasteiger partial charge in [-0.25, -0.2) is 14.4 Å². The zero-order valence-corrected chi connectivity index (χ0v) is 13.8. The van der Waals surface area contributed by atoms with Crippen LogP contribution in [0.5, 0.6) is 0 Å². The number of hydrogen-bond donors (Lipinski definition) is 0. The molecule has 0 aliphatic carbocycles. The predicted molar refractivity (Wildman–Crippen MR) is 91.2 cm³/mol. The zero-order chi connectivity index (χ0) is 18.1. The number of benzene rings is 1. The van der Waals surface area contributed by atoms with Crippen LogP contribution in [0.1, 0.15) is 24.4 Å². The number of halogens is 1. The number of nitrogens with zero attached hydrogens (tertiary/aromatic N) is 5. The summed E-state index contributed by atoms with van der Waals surface area (Å²) in [6.45, 7) is 0.509. The summed E-state index contributed by atoms with van der Waals surface area (Å²) in [4.78, 5) is 9.70. The predicted octanol–water partition coefficient (Wildman–Crippen LogP) is 3.50. The van der Waals surface area contributed by atoms with Gasteiger partial charge in [0.15, 0.2) is 11.8 Å². The van der Waals surface area contributed by atoms with Gasteiger partial charge in [-0.15, -0.1) is 0 Å². The van der Waals surface area contributed by atoms with E-state index in [9.17, 15) is 0 Å². The molecule has 1 aliphatic heterocycles. The average molecular weight is 347 g/mol. The van der Waals surface area contributed by atoms with Crippen molar-refractivity contribution < 1.29 is 8.81 Å². The number of aromatic nitrogens is 2. The van der Waals surface area contributed by atoms with E-state index in [0.29, 0.717) is 29.8 Å². The molecular formula is C19H14FN5O. The standard InChI is InChI=1S/C19H14FN5O/c20-19(5-1-7-25(11-19)12-22)18-24-16-9-13(2-3-17(16)26-18)14-4-6-23-15(8-14)10-21/h2-4,6,8-9H,1,5,7,11H2/t19-/m1/s1. The van der Waals surface area contributed by atoms with Crippen LogP contribution in [0.4, 0.5) is 4.39 Å². The van der Waals surface area contributed by atoms with Gasteiger partial charge in [0.25, 0.3) is 0 Å². The maximum atomic E-state index is 15.3. The van der Waals surface area contributed by atoms with Gasteiger partial charge in [0, 0.05) is 12.7 Å². The second-order valence-corrected chi connectivity index (χ2v) is 6.33. The summed E-state index contributed by atoms with van der Waals surface area (Å²) in [5.74, 6) is 0.0112. The molecule has 3 heterocycles. The molecule has 26 heavy (non-hydrogen) atoms. The van der Waals surface area contributed by atoms with Crippen LogP contribution in [0.15, 0.2) is 40.9 Å². The smallest absolute Gasteiger partial charge is 0.235 e. The van der Waals surface area contributed by atoms with Crippen molar-refractivity contribution in [3.8, 4) is 23.4 Å². The molecule has 0 bridgehead atoms. The lowest BCUT2D eigenvalue weighted by Crippen LogP contribution is -2.41. The molecule has 2 aromatic heterocycles. The molecule has 0 spiro atoms. The van der Waals surface area contributed by atoms with Crippen LogP contribution in [-0.4, -0.2) is 28.0 Å². The zero-order valence-electron chi connectivity index (χ0n) is 13.8. The fraction of sp³-hybridized carbons (Fsp3) is 0.263. The quantitative estimate of drug-likeness (QED) is 0.659. The Kier molecular flexibility index (Phi) is 3.78. The molecule has 1 fully saturated rings. The van der Waals surface area contributed by atoms with Crippen LogP contribution in [0.2, 0.25) is 0 Å². The van der Waals surface area contributed by atoms with E-state index >= 15 is 4.39 Å². The average Bonchev–Trinajstić information content (AvgIpc) is 3.12. The maximum absolute atomic E-state index is 15.3. The first-order valence-electron chi connectivity index (χ1n) is 8.22. The summed E-state index contributed by atoms with van der Waals surface area (Å²) in [5.41, 5.74) is 1.25. The van der Waals surface area contributed by atoms with Gasteiger partial charge in [0.2, 0.25) is 11.6 Å². The SMILES string of the molecule is N#Cc1cc(-c2ccc3oc([C@@]4(F)CCCN(C#N)C4)nc3c2)ccn1. The molecule has 4 rings (SSSR count). The first-order valence-corrected chi connectivity index (χ1v) is 8.22. The number of fused-ring (bicyclic) bond motifs is 1. The minimum Gasteiger partial charge on any atom is -0.437 e. The van der Waals surface area contributed by atoms with E-state index in [1.807, 2.05) is 18.3 Å². The highest BCUT2D eigenvalue weighted by Gasteiger charge is 2.41. The van der Waals surface area contributed by atoms with Crippen molar-refractivity contribution in [2.45, 2.75) is 18.5 Å². The fourth-order valence-corrected chi connectivity index (χ4v) is 3.24. The van der Waals surface area contributed by atoms with Crippen molar-refractivity contribution in [3.63, 3.8) is 0 Å². The van der Waals surface area contributed by atoms with E-state index < -0.39 is 5.67 Å². The van der Waals surface area contributed by atoms with Crippen molar-refractivity contribution >= 4 is 11.1 Å². The molecule has 3 aromatic rings. The topological polar surface area (TPSA) is 89.7 Å². The van der Waals surface area contributed by atoms with Crippen LogP contribution in [0.25, 0.3) is 22.2 Å². The Morgan fingerprint density at radius 3 is 2.85 bits per heavy atom. The van der Waals surface area contributed by atoms with Gasteiger partial charge in [-0.3, -0.25) is 0 Å². The number of alkyl halides is 1. The van der Waals surface area contributed by atoms with E-state index in [4.69, 9.17) is 14.9 Å². The molecule has 0 saturated carbocycles. The number of rotatable bonds is 2. The van der Waals surface area contributed by atoms with Gasteiger partial charge in [-0.2, -0.15) is 10.5 Å². The van der Waals surface area contributed by atoms with E-state index in [1.165, 1.54) is 4.90 Å². The van der Waals surface area contributed by atoms with Crippen molar-refractivity contribution in [2.24, 2.45) is 0 Å². The molecule has 6 nitrogen and oxygen atoms in total. The van der Waals surface area contributed by atoms with Gasteiger partial charge in [-0.1, -0.05) is 6.07 Å². The number of likely N-dealkylation sites (tertiary alicyclic amines) is 1. The summed E-state index contributed by atoms with van der Waals surface area (Å²) in [5, 5.41) is 18.0. The van der Waals surface area contributed by atoms with E-state index in [-0.39, 0.29) is 18.9 Å². The monoisotopic (exact) mass is 347 g/mol. The fourth-order valence-electron chi connectivity index (χ4n) is 3.24. The highest BCUT2D eigenvalue weighted by atomic mass is 19.1. The lowest BCUT2D eigenvalue weighted by atomic mass is 9.95. The molecule has 1 atom stereocenters. The Balaban J connectivity index is 1.72. The van der Waals surface area contributed by atoms with Gasteiger partial charge in [-0.05, 0) is 48.2 Å². The van der Waals surface area contributed by atoms with E-state index in [2.05, 4.69) is 9.97 Å². The third-order valence-corrected chi connectivity index (χ3v) is 4.56.